The number of carbonyl (C=O) groups is 1. The van der Waals surface area contributed by atoms with Gasteiger partial charge in [-0.2, -0.15) is 0 Å². The Hall–Kier alpha value is -0.970. The van der Waals surface area contributed by atoms with Crippen LogP contribution in [0.3, 0.4) is 0 Å². The van der Waals surface area contributed by atoms with Gasteiger partial charge in [-0.25, -0.2) is 4.98 Å². The van der Waals surface area contributed by atoms with Crippen molar-refractivity contribution in [2.45, 2.75) is 38.8 Å². The van der Waals surface area contributed by atoms with Crippen molar-refractivity contribution < 1.29 is 13.9 Å². The molecule has 0 saturated heterocycles. The summed E-state index contributed by atoms with van der Waals surface area (Å²) in [6, 6.07) is 0. The Morgan fingerprint density at radius 3 is 2.81 bits per heavy atom. The number of ether oxygens (including phenoxy) is 1. The number of aromatic nitrogens is 1. The number of thioether (sulfide) groups is 1. The maximum atomic E-state index is 11.0. The third-order valence-electron chi connectivity index (χ3n) is 2.07. The second-order valence-corrected chi connectivity index (χ2v) is 4.42. The van der Waals surface area contributed by atoms with E-state index < -0.39 is 0 Å². The van der Waals surface area contributed by atoms with E-state index in [2.05, 4.69) is 4.98 Å². The molecule has 0 N–H and O–H groups in total. The average molecular weight is 243 g/mol. The van der Waals surface area contributed by atoms with E-state index in [4.69, 9.17) is 9.15 Å². The number of aryl methyl sites for hydroxylation is 2. The van der Waals surface area contributed by atoms with Gasteiger partial charge in [0.15, 0.2) is 0 Å². The SMILES string of the molecule is CCOC(=O)CCCSc1nc(C)c(C)o1. The molecule has 0 aromatic carbocycles. The number of hydrogen-bond donors (Lipinski definition) is 0. The van der Waals surface area contributed by atoms with Gasteiger partial charge in [0, 0.05) is 12.2 Å². The van der Waals surface area contributed by atoms with Gasteiger partial charge in [0.1, 0.15) is 5.76 Å². The number of carbonyl (C=O) groups excluding carboxylic acids is 1. The molecule has 0 amide bonds. The minimum absolute atomic E-state index is 0.136. The second kappa shape index (κ2) is 6.58. The van der Waals surface area contributed by atoms with Gasteiger partial charge >= 0.3 is 5.97 Å². The molecule has 16 heavy (non-hydrogen) atoms. The summed E-state index contributed by atoms with van der Waals surface area (Å²) < 4.78 is 10.2. The van der Waals surface area contributed by atoms with Crippen LogP contribution in [0.4, 0.5) is 0 Å². The van der Waals surface area contributed by atoms with Crippen molar-refractivity contribution in [3.05, 3.63) is 11.5 Å². The van der Waals surface area contributed by atoms with Crippen LogP contribution in [0.15, 0.2) is 9.64 Å². The third-order valence-corrected chi connectivity index (χ3v) is 2.98. The number of oxazole rings is 1. The monoisotopic (exact) mass is 243 g/mol. The van der Waals surface area contributed by atoms with E-state index in [1.807, 2.05) is 20.8 Å². The number of esters is 1. The summed E-state index contributed by atoms with van der Waals surface area (Å²) >= 11 is 1.53. The van der Waals surface area contributed by atoms with Gasteiger partial charge < -0.3 is 9.15 Å². The number of nitrogens with zero attached hydrogens (tertiary/aromatic N) is 1. The molecule has 0 aliphatic rings. The van der Waals surface area contributed by atoms with Crippen LogP contribution in [0.25, 0.3) is 0 Å². The molecule has 0 atom stereocenters. The summed E-state index contributed by atoms with van der Waals surface area (Å²) in [6.07, 6.45) is 1.24. The number of rotatable bonds is 6. The van der Waals surface area contributed by atoms with E-state index in [1.54, 1.807) is 0 Å². The minimum Gasteiger partial charge on any atom is -0.466 e. The van der Waals surface area contributed by atoms with Crippen molar-refractivity contribution in [2.75, 3.05) is 12.4 Å². The first kappa shape index (κ1) is 13.1. The zero-order valence-electron chi connectivity index (χ0n) is 9.91. The van der Waals surface area contributed by atoms with Gasteiger partial charge in [0.25, 0.3) is 5.22 Å². The van der Waals surface area contributed by atoms with E-state index in [9.17, 15) is 4.79 Å². The predicted octanol–water partition coefficient (Wildman–Crippen LogP) is 2.73. The topological polar surface area (TPSA) is 52.3 Å². The van der Waals surface area contributed by atoms with Crippen LogP contribution >= 0.6 is 11.8 Å². The van der Waals surface area contributed by atoms with Crippen molar-refractivity contribution in [3.63, 3.8) is 0 Å². The summed E-state index contributed by atoms with van der Waals surface area (Å²) in [7, 11) is 0. The normalized spacial score (nSPS) is 10.4. The lowest BCUT2D eigenvalue weighted by atomic mass is 10.3. The Balaban J connectivity index is 2.18. The van der Waals surface area contributed by atoms with Gasteiger partial charge in [0.05, 0.1) is 12.3 Å². The van der Waals surface area contributed by atoms with Crippen LogP contribution in [0.5, 0.6) is 0 Å². The number of hydrogen-bond acceptors (Lipinski definition) is 5. The third kappa shape index (κ3) is 4.26. The molecule has 1 rings (SSSR count). The van der Waals surface area contributed by atoms with Crippen LogP contribution in [0.1, 0.15) is 31.2 Å². The van der Waals surface area contributed by atoms with Crippen molar-refractivity contribution in [2.24, 2.45) is 0 Å². The standard InChI is InChI=1S/C11H17NO3S/c1-4-14-10(13)6-5-7-16-11-12-8(2)9(3)15-11/h4-7H2,1-3H3. The summed E-state index contributed by atoms with van der Waals surface area (Å²) in [5.74, 6) is 1.54. The Labute approximate surface area is 99.8 Å². The maximum absolute atomic E-state index is 11.0. The fourth-order valence-electron chi connectivity index (χ4n) is 1.11. The van der Waals surface area contributed by atoms with Crippen LogP contribution in [0.2, 0.25) is 0 Å². The molecule has 1 heterocycles. The highest BCUT2D eigenvalue weighted by atomic mass is 32.2. The molecule has 0 radical (unpaired) electrons. The average Bonchev–Trinajstić information content (AvgIpc) is 2.54. The van der Waals surface area contributed by atoms with E-state index in [-0.39, 0.29) is 5.97 Å². The van der Waals surface area contributed by atoms with Gasteiger partial charge in [-0.3, -0.25) is 4.79 Å². The largest absolute Gasteiger partial charge is 0.466 e. The smallest absolute Gasteiger partial charge is 0.305 e. The van der Waals surface area contributed by atoms with Gasteiger partial charge in [0.2, 0.25) is 0 Å². The lowest BCUT2D eigenvalue weighted by molar-refractivity contribution is -0.143. The first-order valence-electron chi connectivity index (χ1n) is 5.36. The first-order valence-corrected chi connectivity index (χ1v) is 6.34. The molecule has 1 aromatic heterocycles. The predicted molar refractivity (Wildman–Crippen MR) is 62.6 cm³/mol. The molecule has 0 spiro atoms. The summed E-state index contributed by atoms with van der Waals surface area (Å²) in [5.41, 5.74) is 0.924. The van der Waals surface area contributed by atoms with Crippen LogP contribution in [0, 0.1) is 13.8 Å². The van der Waals surface area contributed by atoms with E-state index >= 15 is 0 Å². The molecular formula is C11H17NO3S. The van der Waals surface area contributed by atoms with Crippen molar-refractivity contribution in [1.29, 1.82) is 0 Å². The highest BCUT2D eigenvalue weighted by Crippen LogP contribution is 2.21. The zero-order valence-corrected chi connectivity index (χ0v) is 10.7. The fourth-order valence-corrected chi connectivity index (χ4v) is 1.96. The quantitative estimate of drug-likeness (QED) is 0.437. The highest BCUT2D eigenvalue weighted by molar-refractivity contribution is 7.99. The molecule has 0 unspecified atom stereocenters. The Morgan fingerprint density at radius 2 is 2.25 bits per heavy atom. The molecule has 0 aliphatic heterocycles. The maximum Gasteiger partial charge on any atom is 0.305 e. The van der Waals surface area contributed by atoms with E-state index in [0.29, 0.717) is 18.3 Å². The lowest BCUT2D eigenvalue weighted by Crippen LogP contribution is -2.03. The van der Waals surface area contributed by atoms with E-state index in [0.717, 1.165) is 23.6 Å². The van der Waals surface area contributed by atoms with Crippen LogP contribution in [-0.2, 0) is 9.53 Å². The lowest BCUT2D eigenvalue weighted by Gasteiger charge is -1.99. The molecule has 0 bridgehead atoms. The fraction of sp³-hybridized carbons (Fsp3) is 0.636. The molecular weight excluding hydrogens is 226 g/mol. The van der Waals surface area contributed by atoms with Crippen molar-refractivity contribution >= 4 is 17.7 Å². The summed E-state index contributed by atoms with van der Waals surface area (Å²) in [6.45, 7) is 6.07. The van der Waals surface area contributed by atoms with Gasteiger partial charge in [-0.1, -0.05) is 11.8 Å². The Kier molecular flexibility index (Phi) is 5.38. The van der Waals surface area contributed by atoms with Gasteiger partial charge in [-0.05, 0) is 27.2 Å². The van der Waals surface area contributed by atoms with Crippen molar-refractivity contribution in [3.8, 4) is 0 Å². The second-order valence-electron chi connectivity index (χ2n) is 3.38. The van der Waals surface area contributed by atoms with E-state index in [1.165, 1.54) is 11.8 Å². The molecule has 4 nitrogen and oxygen atoms in total. The Bertz CT molecular complexity index is 329. The minimum atomic E-state index is -0.136. The molecule has 0 aliphatic carbocycles. The molecule has 0 saturated carbocycles. The molecule has 1 aromatic rings. The molecule has 0 fully saturated rings. The van der Waals surface area contributed by atoms with Gasteiger partial charge in [-0.15, -0.1) is 0 Å². The highest BCUT2D eigenvalue weighted by Gasteiger charge is 2.06. The molecule has 5 heteroatoms. The van der Waals surface area contributed by atoms with Crippen LogP contribution in [-0.4, -0.2) is 23.3 Å². The summed E-state index contributed by atoms with van der Waals surface area (Å²) in [4.78, 5) is 15.3. The Morgan fingerprint density at radius 1 is 1.50 bits per heavy atom. The van der Waals surface area contributed by atoms with Crippen LogP contribution < -0.4 is 0 Å². The first-order chi connectivity index (χ1) is 7.63. The van der Waals surface area contributed by atoms with Crippen molar-refractivity contribution in [1.82, 2.24) is 4.98 Å². The molecule has 90 valence electrons. The summed E-state index contributed by atoms with van der Waals surface area (Å²) in [5, 5.41) is 0.679. The zero-order chi connectivity index (χ0) is 12.0.